The Kier molecular flexibility index (Phi) is 5.55. The average Bonchev–Trinajstić information content (AvgIpc) is 2.47. The minimum atomic E-state index is -3.48. The van der Waals surface area contributed by atoms with E-state index in [0.29, 0.717) is 5.75 Å². The van der Waals surface area contributed by atoms with Crippen molar-refractivity contribution in [3.8, 4) is 0 Å². The lowest BCUT2D eigenvalue weighted by molar-refractivity contribution is 0.595. The number of thioether (sulfide) groups is 1. The van der Waals surface area contributed by atoms with Gasteiger partial charge in [-0.25, -0.2) is 8.42 Å². The summed E-state index contributed by atoms with van der Waals surface area (Å²) < 4.78 is 24.6. The number of alkyl halides is 1. The smallest absolute Gasteiger partial charge is 0.195 e. The Bertz CT molecular complexity index is 657. The van der Waals surface area contributed by atoms with Crippen LogP contribution < -0.4 is 0 Å². The molecule has 1 unspecified atom stereocenters. The van der Waals surface area contributed by atoms with Gasteiger partial charge in [-0.3, -0.25) is 0 Å². The van der Waals surface area contributed by atoms with Crippen LogP contribution in [0.3, 0.4) is 0 Å². The van der Waals surface area contributed by atoms with Crippen molar-refractivity contribution in [1.29, 1.82) is 0 Å². The van der Waals surface area contributed by atoms with Crippen molar-refractivity contribution < 1.29 is 8.42 Å². The first-order valence-corrected chi connectivity index (χ1v) is 9.57. The molecule has 0 N–H and O–H groups in total. The van der Waals surface area contributed by atoms with Crippen molar-refractivity contribution in [2.45, 2.75) is 14.5 Å². The molecule has 0 saturated heterocycles. The van der Waals surface area contributed by atoms with E-state index in [1.807, 2.05) is 24.3 Å². The molecule has 1 atom stereocenters. The molecule has 0 radical (unpaired) electrons. The van der Waals surface area contributed by atoms with Gasteiger partial charge >= 0.3 is 0 Å². The van der Waals surface area contributed by atoms with E-state index >= 15 is 0 Å². The third-order valence-electron chi connectivity index (χ3n) is 2.60. The highest BCUT2D eigenvalue weighted by Gasteiger charge is 2.25. The number of sulfone groups is 1. The molecule has 0 fully saturated rings. The van der Waals surface area contributed by atoms with E-state index < -0.39 is 14.5 Å². The van der Waals surface area contributed by atoms with E-state index in [0.717, 1.165) is 9.37 Å². The van der Waals surface area contributed by atoms with Gasteiger partial charge in [0.1, 0.15) is 4.71 Å². The van der Waals surface area contributed by atoms with Crippen molar-refractivity contribution in [1.82, 2.24) is 0 Å². The van der Waals surface area contributed by atoms with Crippen molar-refractivity contribution in [2.75, 3.05) is 5.75 Å². The van der Waals surface area contributed by atoms with Crippen molar-refractivity contribution in [3.05, 3.63) is 59.1 Å². The van der Waals surface area contributed by atoms with Crippen molar-refractivity contribution >= 4 is 49.1 Å². The van der Waals surface area contributed by atoms with E-state index in [4.69, 9.17) is 11.6 Å². The Morgan fingerprint density at radius 1 is 1.05 bits per heavy atom. The Balaban J connectivity index is 2.05. The van der Waals surface area contributed by atoms with Crippen LogP contribution in [-0.2, 0) is 9.84 Å². The maximum Gasteiger partial charge on any atom is 0.195 e. The standard InChI is InChI=1S/C14H12BrClO2S2/c15-11-6-8-12(9-7-11)19-10-14(16)20(17,18)13-4-2-1-3-5-13/h1-9,14H,10H2. The highest BCUT2D eigenvalue weighted by molar-refractivity contribution is 9.10. The Morgan fingerprint density at radius 2 is 1.65 bits per heavy atom. The van der Waals surface area contributed by atoms with Crippen LogP contribution in [0.25, 0.3) is 0 Å². The van der Waals surface area contributed by atoms with Crippen LogP contribution in [0.2, 0.25) is 0 Å². The summed E-state index contributed by atoms with van der Waals surface area (Å²) in [5.41, 5.74) is 0. The maximum absolute atomic E-state index is 12.3. The lowest BCUT2D eigenvalue weighted by Crippen LogP contribution is -2.17. The molecular formula is C14H12BrClO2S2. The average molecular weight is 392 g/mol. The molecule has 0 spiro atoms. The second-order valence-corrected chi connectivity index (χ2v) is 8.96. The first kappa shape index (κ1) is 15.9. The van der Waals surface area contributed by atoms with E-state index in [1.54, 1.807) is 30.3 Å². The maximum atomic E-state index is 12.3. The van der Waals surface area contributed by atoms with Crippen LogP contribution in [0.5, 0.6) is 0 Å². The molecule has 2 aromatic carbocycles. The second-order valence-electron chi connectivity index (χ2n) is 4.03. The SMILES string of the molecule is O=S(=O)(c1ccccc1)C(Cl)CSc1ccc(Br)cc1. The molecule has 0 bridgehead atoms. The summed E-state index contributed by atoms with van der Waals surface area (Å²) >= 11 is 10.9. The summed E-state index contributed by atoms with van der Waals surface area (Å²) in [7, 11) is -3.48. The zero-order valence-electron chi connectivity index (χ0n) is 10.4. The quantitative estimate of drug-likeness (QED) is 0.552. The summed E-state index contributed by atoms with van der Waals surface area (Å²) in [6, 6.07) is 16.0. The third-order valence-corrected chi connectivity index (χ3v) is 7.26. The largest absolute Gasteiger partial charge is 0.222 e. The molecule has 0 aromatic heterocycles. The fraction of sp³-hybridized carbons (Fsp3) is 0.143. The third kappa shape index (κ3) is 4.01. The molecule has 0 saturated carbocycles. The fourth-order valence-electron chi connectivity index (χ4n) is 1.54. The van der Waals surface area contributed by atoms with Crippen molar-refractivity contribution in [3.63, 3.8) is 0 Å². The first-order valence-electron chi connectivity index (χ1n) is 5.81. The van der Waals surface area contributed by atoms with E-state index in [-0.39, 0.29) is 4.90 Å². The van der Waals surface area contributed by atoms with Gasteiger partial charge < -0.3 is 0 Å². The highest BCUT2D eigenvalue weighted by atomic mass is 79.9. The van der Waals surface area contributed by atoms with Crippen LogP contribution in [0.15, 0.2) is 68.9 Å². The molecule has 2 nitrogen and oxygen atoms in total. The zero-order valence-corrected chi connectivity index (χ0v) is 14.3. The van der Waals surface area contributed by atoms with Crippen LogP contribution in [0.1, 0.15) is 0 Å². The molecule has 0 heterocycles. The van der Waals surface area contributed by atoms with Crippen LogP contribution in [0.4, 0.5) is 0 Å². The lowest BCUT2D eigenvalue weighted by atomic mass is 10.4. The summed E-state index contributed by atoms with van der Waals surface area (Å²) in [4.78, 5) is 1.25. The summed E-state index contributed by atoms with van der Waals surface area (Å²) in [5, 5.41) is 0. The summed E-state index contributed by atoms with van der Waals surface area (Å²) in [6.07, 6.45) is 0. The molecule has 20 heavy (non-hydrogen) atoms. The molecule has 2 aromatic rings. The number of halogens is 2. The fourth-order valence-corrected chi connectivity index (χ4v) is 4.71. The number of rotatable bonds is 5. The van der Waals surface area contributed by atoms with Crippen LogP contribution >= 0.6 is 39.3 Å². The zero-order chi connectivity index (χ0) is 14.6. The van der Waals surface area contributed by atoms with Gasteiger partial charge in [-0.15, -0.1) is 23.4 Å². The van der Waals surface area contributed by atoms with Gasteiger partial charge in [0.15, 0.2) is 9.84 Å². The normalized spacial score (nSPS) is 13.1. The van der Waals surface area contributed by atoms with Gasteiger partial charge in [0.25, 0.3) is 0 Å². The molecule has 0 aliphatic heterocycles. The van der Waals surface area contributed by atoms with E-state index in [2.05, 4.69) is 15.9 Å². The van der Waals surface area contributed by atoms with Crippen LogP contribution in [0, 0.1) is 0 Å². The first-order chi connectivity index (χ1) is 9.50. The van der Waals surface area contributed by atoms with E-state index in [9.17, 15) is 8.42 Å². The van der Waals surface area contributed by atoms with Gasteiger partial charge in [-0.05, 0) is 36.4 Å². The second kappa shape index (κ2) is 6.98. The van der Waals surface area contributed by atoms with Crippen molar-refractivity contribution in [2.24, 2.45) is 0 Å². The number of benzene rings is 2. The van der Waals surface area contributed by atoms with Gasteiger partial charge in [0.05, 0.1) is 4.90 Å². The Morgan fingerprint density at radius 3 is 2.25 bits per heavy atom. The molecule has 106 valence electrons. The van der Waals surface area contributed by atoms with Gasteiger partial charge in [0, 0.05) is 15.1 Å². The Labute approximate surface area is 136 Å². The van der Waals surface area contributed by atoms with E-state index in [1.165, 1.54) is 11.8 Å². The van der Waals surface area contributed by atoms with Gasteiger partial charge in [-0.2, -0.15) is 0 Å². The molecule has 0 amide bonds. The Hall–Kier alpha value is -0.490. The monoisotopic (exact) mass is 390 g/mol. The molecule has 6 heteroatoms. The molecular weight excluding hydrogens is 380 g/mol. The minimum Gasteiger partial charge on any atom is -0.222 e. The van der Waals surface area contributed by atoms with Crippen LogP contribution in [-0.4, -0.2) is 18.9 Å². The number of hydrogen-bond acceptors (Lipinski definition) is 3. The minimum absolute atomic E-state index is 0.261. The van der Waals surface area contributed by atoms with Gasteiger partial charge in [-0.1, -0.05) is 34.1 Å². The lowest BCUT2D eigenvalue weighted by Gasteiger charge is -2.11. The predicted molar refractivity (Wildman–Crippen MR) is 88.1 cm³/mol. The molecule has 2 rings (SSSR count). The number of hydrogen-bond donors (Lipinski definition) is 0. The summed E-state index contributed by atoms with van der Waals surface area (Å²) in [6.45, 7) is 0. The molecule has 0 aliphatic rings. The highest BCUT2D eigenvalue weighted by Crippen LogP contribution is 2.27. The predicted octanol–water partition coefficient (Wildman–Crippen LogP) is 4.58. The topological polar surface area (TPSA) is 34.1 Å². The van der Waals surface area contributed by atoms with Gasteiger partial charge in [0.2, 0.25) is 0 Å². The molecule has 0 aliphatic carbocycles. The summed E-state index contributed by atoms with van der Waals surface area (Å²) in [5.74, 6) is 0.306.